The van der Waals surface area contributed by atoms with Crippen molar-refractivity contribution in [2.75, 3.05) is 6.54 Å². The minimum absolute atomic E-state index is 0.0784. The van der Waals surface area contributed by atoms with E-state index < -0.39 is 11.7 Å². The molecule has 1 heterocycles. The molecule has 2 atom stereocenters. The van der Waals surface area contributed by atoms with Gasteiger partial charge < -0.3 is 5.32 Å². The molecule has 2 aromatic carbocycles. The SMILES string of the molecule is FC(F)(F)c1cccc(C2CCNC2c2ccccc2)c1. The third-order valence-electron chi connectivity index (χ3n) is 4.02. The second kappa shape index (κ2) is 5.53. The first-order chi connectivity index (χ1) is 10.1. The molecule has 0 radical (unpaired) electrons. The van der Waals surface area contributed by atoms with Crippen LogP contribution in [0.25, 0.3) is 0 Å². The van der Waals surface area contributed by atoms with E-state index in [1.165, 1.54) is 12.1 Å². The third-order valence-corrected chi connectivity index (χ3v) is 4.02. The van der Waals surface area contributed by atoms with Gasteiger partial charge in [-0.25, -0.2) is 0 Å². The Morgan fingerprint density at radius 3 is 2.33 bits per heavy atom. The van der Waals surface area contributed by atoms with Crippen molar-refractivity contribution in [3.05, 3.63) is 71.3 Å². The van der Waals surface area contributed by atoms with Crippen molar-refractivity contribution < 1.29 is 13.2 Å². The summed E-state index contributed by atoms with van der Waals surface area (Å²) in [5.41, 5.74) is 1.31. The van der Waals surface area contributed by atoms with Gasteiger partial charge in [-0.1, -0.05) is 48.5 Å². The number of rotatable bonds is 2. The Labute approximate surface area is 121 Å². The van der Waals surface area contributed by atoms with Crippen molar-refractivity contribution in [3.8, 4) is 0 Å². The van der Waals surface area contributed by atoms with E-state index in [4.69, 9.17) is 0 Å². The van der Waals surface area contributed by atoms with Gasteiger partial charge in [0.05, 0.1) is 5.56 Å². The second-order valence-electron chi connectivity index (χ2n) is 5.36. The quantitative estimate of drug-likeness (QED) is 0.857. The molecule has 2 unspecified atom stereocenters. The average Bonchev–Trinajstić information content (AvgIpc) is 2.97. The molecule has 4 heteroatoms. The lowest BCUT2D eigenvalue weighted by Crippen LogP contribution is -2.17. The van der Waals surface area contributed by atoms with Gasteiger partial charge in [0.1, 0.15) is 0 Å². The van der Waals surface area contributed by atoms with Gasteiger partial charge in [0, 0.05) is 12.0 Å². The molecule has 0 saturated carbocycles. The van der Waals surface area contributed by atoms with Gasteiger partial charge in [0.25, 0.3) is 0 Å². The van der Waals surface area contributed by atoms with Gasteiger partial charge in [-0.3, -0.25) is 0 Å². The molecule has 0 amide bonds. The van der Waals surface area contributed by atoms with Crippen LogP contribution in [-0.4, -0.2) is 6.54 Å². The molecular formula is C17H16F3N. The van der Waals surface area contributed by atoms with E-state index in [1.54, 1.807) is 6.07 Å². The van der Waals surface area contributed by atoms with Gasteiger partial charge in [0.15, 0.2) is 0 Å². The normalized spacial score (nSPS) is 22.4. The van der Waals surface area contributed by atoms with Crippen LogP contribution in [0.1, 0.15) is 35.1 Å². The van der Waals surface area contributed by atoms with Gasteiger partial charge >= 0.3 is 6.18 Å². The Hall–Kier alpha value is -1.81. The minimum Gasteiger partial charge on any atom is -0.309 e. The van der Waals surface area contributed by atoms with Crippen LogP contribution in [0.5, 0.6) is 0 Å². The summed E-state index contributed by atoms with van der Waals surface area (Å²) in [6.45, 7) is 0.820. The molecule has 1 fully saturated rings. The lowest BCUT2D eigenvalue weighted by atomic mass is 9.87. The van der Waals surface area contributed by atoms with Crippen LogP contribution >= 0.6 is 0 Å². The molecule has 0 bridgehead atoms. The Balaban J connectivity index is 1.93. The first-order valence-corrected chi connectivity index (χ1v) is 7.01. The van der Waals surface area contributed by atoms with Gasteiger partial charge in [-0.15, -0.1) is 0 Å². The fourth-order valence-electron chi connectivity index (χ4n) is 3.02. The maximum Gasteiger partial charge on any atom is 0.416 e. The largest absolute Gasteiger partial charge is 0.416 e. The molecule has 1 nitrogen and oxygen atoms in total. The van der Waals surface area contributed by atoms with E-state index in [2.05, 4.69) is 5.32 Å². The standard InChI is InChI=1S/C17H16F3N/c18-17(19,20)14-8-4-7-13(11-14)15-9-10-21-16(15)12-5-2-1-3-6-12/h1-8,11,15-16,21H,9-10H2. The maximum atomic E-state index is 12.9. The van der Waals surface area contributed by atoms with Crippen molar-refractivity contribution in [2.24, 2.45) is 0 Å². The van der Waals surface area contributed by atoms with Crippen LogP contribution in [0.15, 0.2) is 54.6 Å². The van der Waals surface area contributed by atoms with Gasteiger partial charge in [-0.05, 0) is 30.2 Å². The van der Waals surface area contributed by atoms with Crippen molar-refractivity contribution in [1.29, 1.82) is 0 Å². The summed E-state index contributed by atoms with van der Waals surface area (Å²) < 4.78 is 38.6. The van der Waals surface area contributed by atoms with Crippen LogP contribution in [0.2, 0.25) is 0 Å². The molecule has 21 heavy (non-hydrogen) atoms. The van der Waals surface area contributed by atoms with Crippen LogP contribution in [0.3, 0.4) is 0 Å². The summed E-state index contributed by atoms with van der Waals surface area (Å²) in [5.74, 6) is 0.0784. The summed E-state index contributed by atoms with van der Waals surface area (Å²) in [6.07, 6.45) is -3.44. The van der Waals surface area contributed by atoms with E-state index in [0.29, 0.717) is 0 Å². The Bertz CT molecular complexity index is 607. The average molecular weight is 291 g/mol. The Kier molecular flexibility index (Phi) is 3.72. The van der Waals surface area contributed by atoms with Crippen molar-refractivity contribution >= 4 is 0 Å². The van der Waals surface area contributed by atoms with Crippen LogP contribution in [0, 0.1) is 0 Å². The van der Waals surface area contributed by atoms with Crippen LogP contribution in [0.4, 0.5) is 13.2 Å². The lowest BCUT2D eigenvalue weighted by molar-refractivity contribution is -0.137. The molecule has 1 aliphatic rings. The molecule has 3 rings (SSSR count). The number of alkyl halides is 3. The predicted molar refractivity (Wildman–Crippen MR) is 76.0 cm³/mol. The van der Waals surface area contributed by atoms with E-state index in [0.717, 1.165) is 30.2 Å². The molecule has 110 valence electrons. The summed E-state index contributed by atoms with van der Waals surface area (Å²) in [6, 6.07) is 15.7. The third kappa shape index (κ3) is 2.95. The Morgan fingerprint density at radius 1 is 0.905 bits per heavy atom. The number of hydrogen-bond donors (Lipinski definition) is 1. The number of nitrogens with one attached hydrogen (secondary N) is 1. The van der Waals surface area contributed by atoms with Crippen molar-refractivity contribution in [1.82, 2.24) is 5.32 Å². The fourth-order valence-corrected chi connectivity index (χ4v) is 3.02. The number of benzene rings is 2. The second-order valence-corrected chi connectivity index (χ2v) is 5.36. The summed E-state index contributed by atoms with van der Waals surface area (Å²) in [5, 5.41) is 3.40. The molecule has 1 N–H and O–H groups in total. The van der Waals surface area contributed by atoms with Crippen LogP contribution < -0.4 is 5.32 Å². The highest BCUT2D eigenvalue weighted by molar-refractivity contribution is 5.33. The zero-order valence-corrected chi connectivity index (χ0v) is 11.4. The first-order valence-electron chi connectivity index (χ1n) is 7.01. The summed E-state index contributed by atoms with van der Waals surface area (Å²) >= 11 is 0. The molecule has 2 aromatic rings. The van der Waals surface area contributed by atoms with E-state index in [1.807, 2.05) is 30.3 Å². The number of halogens is 3. The summed E-state index contributed by atoms with van der Waals surface area (Å²) in [7, 11) is 0. The highest BCUT2D eigenvalue weighted by Gasteiger charge is 2.33. The molecule has 0 spiro atoms. The van der Waals surface area contributed by atoms with Gasteiger partial charge in [0.2, 0.25) is 0 Å². The maximum absolute atomic E-state index is 12.9. The molecule has 0 aliphatic carbocycles. The monoisotopic (exact) mass is 291 g/mol. The van der Waals surface area contributed by atoms with Crippen molar-refractivity contribution in [3.63, 3.8) is 0 Å². The molecule has 0 aromatic heterocycles. The topological polar surface area (TPSA) is 12.0 Å². The summed E-state index contributed by atoms with van der Waals surface area (Å²) in [4.78, 5) is 0. The van der Waals surface area contributed by atoms with E-state index >= 15 is 0 Å². The van der Waals surface area contributed by atoms with E-state index in [9.17, 15) is 13.2 Å². The molecular weight excluding hydrogens is 275 g/mol. The smallest absolute Gasteiger partial charge is 0.309 e. The van der Waals surface area contributed by atoms with Crippen molar-refractivity contribution in [2.45, 2.75) is 24.6 Å². The number of hydrogen-bond acceptors (Lipinski definition) is 1. The first kappa shape index (κ1) is 14.1. The van der Waals surface area contributed by atoms with Gasteiger partial charge in [-0.2, -0.15) is 13.2 Å². The zero-order valence-electron chi connectivity index (χ0n) is 11.4. The minimum atomic E-state index is -4.29. The highest BCUT2D eigenvalue weighted by atomic mass is 19.4. The predicted octanol–water partition coefficient (Wildman–Crippen LogP) is 4.52. The highest BCUT2D eigenvalue weighted by Crippen LogP contribution is 2.39. The lowest BCUT2D eigenvalue weighted by Gasteiger charge is -2.21. The van der Waals surface area contributed by atoms with Crippen LogP contribution in [-0.2, 0) is 6.18 Å². The molecule has 1 aliphatic heterocycles. The zero-order chi connectivity index (χ0) is 14.9. The Morgan fingerprint density at radius 2 is 1.62 bits per heavy atom. The molecule has 1 saturated heterocycles. The fraction of sp³-hybridized carbons (Fsp3) is 0.294. The van der Waals surface area contributed by atoms with E-state index in [-0.39, 0.29) is 12.0 Å².